The van der Waals surface area contributed by atoms with Crippen LogP contribution in [0.3, 0.4) is 0 Å². The summed E-state index contributed by atoms with van der Waals surface area (Å²) in [4.78, 5) is 12.5. The zero-order chi connectivity index (χ0) is 15.5. The van der Waals surface area contributed by atoms with Crippen molar-refractivity contribution in [3.05, 3.63) is 42.0 Å². The summed E-state index contributed by atoms with van der Waals surface area (Å²) in [7, 11) is 1.61. The van der Waals surface area contributed by atoms with E-state index in [1.165, 1.54) is 11.0 Å². The summed E-state index contributed by atoms with van der Waals surface area (Å²) in [5.41, 5.74) is 2.81. The lowest BCUT2D eigenvalue weighted by atomic mass is 10.3. The molecule has 6 nitrogen and oxygen atoms in total. The molecule has 0 aliphatic rings. The molecule has 0 spiro atoms. The molecule has 2 aromatic heterocycles. The van der Waals surface area contributed by atoms with Crippen LogP contribution in [0.15, 0.2) is 30.5 Å². The largest absolute Gasteiger partial charge is 0.451 e. The van der Waals surface area contributed by atoms with Crippen LogP contribution >= 0.6 is 0 Å². The Labute approximate surface area is 118 Å². The van der Waals surface area contributed by atoms with Gasteiger partial charge in [0.1, 0.15) is 11.6 Å². The van der Waals surface area contributed by atoms with Crippen molar-refractivity contribution in [2.45, 2.75) is 12.7 Å². The van der Waals surface area contributed by atoms with Crippen molar-refractivity contribution in [2.75, 3.05) is 17.4 Å². The van der Waals surface area contributed by atoms with Gasteiger partial charge < -0.3 is 10.3 Å². The van der Waals surface area contributed by atoms with Gasteiger partial charge in [0.25, 0.3) is 0 Å². The number of hydrogen-bond donors (Lipinski definition) is 2. The van der Waals surface area contributed by atoms with Crippen molar-refractivity contribution in [3.8, 4) is 0 Å². The van der Waals surface area contributed by atoms with Crippen LogP contribution in [-0.2, 0) is 12.7 Å². The second-order valence-corrected chi connectivity index (χ2v) is 4.25. The molecule has 0 fully saturated rings. The number of hydrogen-bond acceptors (Lipinski definition) is 6. The van der Waals surface area contributed by atoms with Crippen LogP contribution in [0.5, 0.6) is 0 Å². The van der Waals surface area contributed by atoms with Crippen molar-refractivity contribution in [2.24, 2.45) is 5.84 Å². The molecule has 0 atom stereocenters. The fourth-order valence-electron chi connectivity index (χ4n) is 1.65. The average Bonchev–Trinajstić information content (AvgIpc) is 2.46. The molecule has 21 heavy (non-hydrogen) atoms. The number of rotatable bonds is 4. The summed E-state index contributed by atoms with van der Waals surface area (Å²) in [5, 5.41) is 0. The number of pyridine rings is 1. The molecule has 0 bridgehead atoms. The van der Waals surface area contributed by atoms with E-state index >= 15 is 0 Å². The van der Waals surface area contributed by atoms with Crippen LogP contribution in [0, 0.1) is 0 Å². The molecule has 3 N–H and O–H groups in total. The first-order valence-corrected chi connectivity index (χ1v) is 5.94. The summed E-state index contributed by atoms with van der Waals surface area (Å²) in [6, 6.07) is 6.65. The molecule has 2 aromatic rings. The molecule has 0 aromatic carbocycles. The third-order valence-electron chi connectivity index (χ3n) is 2.63. The standard InChI is InChI=1S/C12H13F3N6/c1-21(7-8-4-2-3-5-17-8)10-6-9(20-16)18-11(19-10)12(13,14)15/h2-6H,7,16H2,1H3,(H,18,19,20). The van der Waals surface area contributed by atoms with Crippen molar-refractivity contribution < 1.29 is 13.2 Å². The SMILES string of the molecule is CN(Cc1ccccn1)c1cc(NN)nc(C(F)(F)F)n1. The van der Waals surface area contributed by atoms with Gasteiger partial charge in [-0.2, -0.15) is 13.2 Å². The van der Waals surface area contributed by atoms with Crippen LogP contribution in [-0.4, -0.2) is 22.0 Å². The van der Waals surface area contributed by atoms with Crippen molar-refractivity contribution in [3.63, 3.8) is 0 Å². The highest BCUT2D eigenvalue weighted by atomic mass is 19.4. The zero-order valence-electron chi connectivity index (χ0n) is 11.1. The number of alkyl halides is 3. The van der Waals surface area contributed by atoms with Crippen LogP contribution in [0.1, 0.15) is 11.5 Å². The fourth-order valence-corrected chi connectivity index (χ4v) is 1.65. The number of nitrogens with one attached hydrogen (secondary N) is 1. The number of hydrazine groups is 1. The number of nitrogen functional groups attached to an aromatic ring is 1. The Balaban J connectivity index is 2.30. The minimum absolute atomic E-state index is 0.0935. The van der Waals surface area contributed by atoms with E-state index in [4.69, 9.17) is 5.84 Å². The Bertz CT molecular complexity index is 602. The van der Waals surface area contributed by atoms with E-state index < -0.39 is 12.0 Å². The number of anilines is 2. The van der Waals surface area contributed by atoms with Crippen LogP contribution in [0.4, 0.5) is 24.8 Å². The molecule has 0 amide bonds. The first-order valence-electron chi connectivity index (χ1n) is 5.94. The minimum Gasteiger partial charge on any atom is -0.354 e. The van der Waals surface area contributed by atoms with Crippen LogP contribution in [0.2, 0.25) is 0 Å². The van der Waals surface area contributed by atoms with Gasteiger partial charge in [-0.05, 0) is 12.1 Å². The van der Waals surface area contributed by atoms with Gasteiger partial charge in [-0.15, -0.1) is 0 Å². The quantitative estimate of drug-likeness (QED) is 0.662. The molecule has 0 saturated carbocycles. The molecular formula is C12H13F3N6. The minimum atomic E-state index is -4.65. The predicted molar refractivity (Wildman–Crippen MR) is 71.2 cm³/mol. The normalized spacial score (nSPS) is 11.3. The summed E-state index contributed by atoms with van der Waals surface area (Å²) in [5.74, 6) is 3.88. The summed E-state index contributed by atoms with van der Waals surface area (Å²) in [6.07, 6.45) is -3.04. The Morgan fingerprint density at radius 1 is 1.29 bits per heavy atom. The molecule has 0 saturated heterocycles. The van der Waals surface area contributed by atoms with E-state index in [0.717, 1.165) is 0 Å². The molecule has 0 aliphatic heterocycles. The van der Waals surface area contributed by atoms with Gasteiger partial charge in [0.05, 0.1) is 12.2 Å². The Hall–Kier alpha value is -2.42. The monoisotopic (exact) mass is 298 g/mol. The first-order chi connectivity index (χ1) is 9.90. The maximum Gasteiger partial charge on any atom is 0.451 e. The van der Waals surface area contributed by atoms with Gasteiger partial charge in [0.2, 0.25) is 5.82 Å². The van der Waals surface area contributed by atoms with Crippen LogP contribution in [0.25, 0.3) is 0 Å². The Morgan fingerprint density at radius 3 is 2.62 bits per heavy atom. The van der Waals surface area contributed by atoms with Crippen molar-refractivity contribution in [1.29, 1.82) is 0 Å². The summed E-state index contributed by atoms with van der Waals surface area (Å²) in [6.45, 7) is 0.305. The zero-order valence-corrected chi connectivity index (χ0v) is 11.1. The first kappa shape index (κ1) is 15.0. The van der Waals surface area contributed by atoms with E-state index in [1.54, 1.807) is 31.4 Å². The lowest BCUT2D eigenvalue weighted by Crippen LogP contribution is -2.22. The van der Waals surface area contributed by atoms with E-state index in [0.29, 0.717) is 12.2 Å². The number of aromatic nitrogens is 3. The van der Waals surface area contributed by atoms with E-state index in [9.17, 15) is 13.2 Å². The summed E-state index contributed by atoms with van der Waals surface area (Å²) >= 11 is 0. The fraction of sp³-hybridized carbons (Fsp3) is 0.250. The van der Waals surface area contributed by atoms with Gasteiger partial charge in [0, 0.05) is 19.3 Å². The maximum absolute atomic E-state index is 12.8. The second-order valence-electron chi connectivity index (χ2n) is 4.25. The summed E-state index contributed by atoms with van der Waals surface area (Å²) < 4.78 is 38.3. The van der Waals surface area contributed by atoms with Gasteiger partial charge in [-0.25, -0.2) is 15.8 Å². The molecule has 0 unspecified atom stereocenters. The topological polar surface area (TPSA) is 80.0 Å². The lowest BCUT2D eigenvalue weighted by molar-refractivity contribution is -0.144. The average molecular weight is 298 g/mol. The second kappa shape index (κ2) is 5.92. The highest BCUT2D eigenvalue weighted by Gasteiger charge is 2.35. The highest BCUT2D eigenvalue weighted by molar-refractivity contribution is 5.48. The van der Waals surface area contributed by atoms with Gasteiger partial charge in [-0.1, -0.05) is 6.07 Å². The smallest absolute Gasteiger partial charge is 0.354 e. The number of halogens is 3. The predicted octanol–water partition coefficient (Wildman–Crippen LogP) is 1.81. The Kier molecular flexibility index (Phi) is 4.22. The molecule has 0 radical (unpaired) electrons. The van der Waals surface area contributed by atoms with Gasteiger partial charge in [-0.3, -0.25) is 4.98 Å². The number of nitrogens with two attached hydrogens (primary N) is 1. The molecule has 2 rings (SSSR count). The molecule has 9 heteroatoms. The van der Waals surface area contributed by atoms with Crippen molar-refractivity contribution >= 4 is 11.6 Å². The molecular weight excluding hydrogens is 285 g/mol. The third kappa shape index (κ3) is 3.78. The lowest BCUT2D eigenvalue weighted by Gasteiger charge is -2.19. The number of nitrogens with zero attached hydrogens (tertiary/aromatic N) is 4. The van der Waals surface area contributed by atoms with Gasteiger partial charge >= 0.3 is 6.18 Å². The van der Waals surface area contributed by atoms with E-state index in [1.807, 2.05) is 0 Å². The van der Waals surface area contributed by atoms with Crippen molar-refractivity contribution in [1.82, 2.24) is 15.0 Å². The Morgan fingerprint density at radius 2 is 2.05 bits per heavy atom. The van der Waals surface area contributed by atoms with Crippen LogP contribution < -0.4 is 16.2 Å². The third-order valence-corrected chi connectivity index (χ3v) is 2.63. The molecule has 0 aliphatic carbocycles. The highest BCUT2D eigenvalue weighted by Crippen LogP contribution is 2.29. The maximum atomic E-state index is 12.8. The molecule has 2 heterocycles. The van der Waals surface area contributed by atoms with E-state index in [-0.39, 0.29) is 11.6 Å². The molecule has 112 valence electrons. The van der Waals surface area contributed by atoms with Gasteiger partial charge in [0.15, 0.2) is 0 Å². The van der Waals surface area contributed by atoms with E-state index in [2.05, 4.69) is 20.4 Å².